The van der Waals surface area contributed by atoms with Crippen LogP contribution in [0.3, 0.4) is 0 Å². The molecule has 0 saturated heterocycles. The van der Waals surface area contributed by atoms with E-state index in [9.17, 15) is 43.2 Å². The predicted molar refractivity (Wildman–Crippen MR) is 386 cm³/mol. The third-order valence-electron chi connectivity index (χ3n) is 17.7. The maximum atomic E-state index is 13.1. The molecule has 0 aliphatic carbocycles. The Hall–Kier alpha value is -1.94. The van der Waals surface area contributed by atoms with Gasteiger partial charge in [0.15, 0.2) is 12.2 Å². The quantitative estimate of drug-likeness (QED) is 0.0222. The third-order valence-corrected chi connectivity index (χ3v) is 19.6. The third kappa shape index (κ3) is 70.3. The molecule has 0 spiro atoms. The molecule has 0 aromatic rings. The average molecular weight is 1400 g/mol. The maximum Gasteiger partial charge on any atom is 0.472 e. The Labute approximate surface area is 581 Å². The van der Waals surface area contributed by atoms with Gasteiger partial charge in [-0.2, -0.15) is 0 Å². The number of carbonyl (C=O) groups excluding carboxylic acids is 4. The van der Waals surface area contributed by atoms with Gasteiger partial charge in [-0.1, -0.05) is 343 Å². The number of aliphatic hydroxyl groups is 1. The van der Waals surface area contributed by atoms with Crippen LogP contribution in [-0.2, 0) is 65.4 Å². The number of unbranched alkanes of at least 4 members (excludes halogenated alkanes) is 45. The highest BCUT2D eigenvalue weighted by molar-refractivity contribution is 7.47. The topological polar surface area (TPSA) is 237 Å². The molecular weight excluding hydrogens is 1250 g/mol. The molecule has 5 atom stereocenters. The first kappa shape index (κ1) is 93.1. The van der Waals surface area contributed by atoms with Crippen LogP contribution >= 0.6 is 15.6 Å². The molecule has 2 unspecified atom stereocenters. The van der Waals surface area contributed by atoms with Crippen LogP contribution in [0.1, 0.15) is 395 Å². The summed E-state index contributed by atoms with van der Waals surface area (Å²) in [6, 6.07) is 0. The van der Waals surface area contributed by atoms with E-state index in [1.54, 1.807) is 0 Å². The maximum absolute atomic E-state index is 13.1. The summed E-state index contributed by atoms with van der Waals surface area (Å²) >= 11 is 0. The van der Waals surface area contributed by atoms with Crippen LogP contribution in [0.4, 0.5) is 0 Å². The number of phosphoric acid groups is 2. The second kappa shape index (κ2) is 67.9. The smallest absolute Gasteiger partial charge is 0.462 e. The van der Waals surface area contributed by atoms with Crippen molar-refractivity contribution >= 4 is 39.5 Å². The molecule has 0 fully saturated rings. The van der Waals surface area contributed by atoms with Crippen LogP contribution in [0, 0.1) is 11.8 Å². The van der Waals surface area contributed by atoms with E-state index in [0.717, 1.165) is 102 Å². The van der Waals surface area contributed by atoms with Gasteiger partial charge in [0.2, 0.25) is 0 Å². The van der Waals surface area contributed by atoms with Gasteiger partial charge in [0.25, 0.3) is 0 Å². The Bertz CT molecular complexity index is 1840. The summed E-state index contributed by atoms with van der Waals surface area (Å²) in [4.78, 5) is 72.8. The Kier molecular flexibility index (Phi) is 66.5. The molecule has 95 heavy (non-hydrogen) atoms. The highest BCUT2D eigenvalue weighted by atomic mass is 31.2. The van der Waals surface area contributed by atoms with E-state index in [2.05, 4.69) is 41.5 Å². The van der Waals surface area contributed by atoms with Gasteiger partial charge >= 0.3 is 39.5 Å². The van der Waals surface area contributed by atoms with E-state index >= 15 is 0 Å². The average Bonchev–Trinajstić information content (AvgIpc) is 1.59. The van der Waals surface area contributed by atoms with Crippen LogP contribution < -0.4 is 0 Å². The fourth-order valence-corrected chi connectivity index (χ4v) is 13.2. The van der Waals surface area contributed by atoms with Crippen molar-refractivity contribution in [2.45, 2.75) is 413 Å². The Morgan fingerprint density at radius 1 is 0.284 bits per heavy atom. The molecule has 0 radical (unpaired) electrons. The highest BCUT2D eigenvalue weighted by Crippen LogP contribution is 2.45. The monoisotopic (exact) mass is 1400 g/mol. The van der Waals surface area contributed by atoms with Gasteiger partial charge in [-0.25, -0.2) is 9.13 Å². The number of phosphoric ester groups is 2. The zero-order valence-electron chi connectivity index (χ0n) is 62.0. The highest BCUT2D eigenvalue weighted by Gasteiger charge is 2.30. The van der Waals surface area contributed by atoms with Crippen LogP contribution in [0.25, 0.3) is 0 Å². The molecule has 17 nitrogen and oxygen atoms in total. The van der Waals surface area contributed by atoms with E-state index < -0.39 is 97.5 Å². The lowest BCUT2D eigenvalue weighted by molar-refractivity contribution is -0.161. The number of rotatable bonds is 75. The summed E-state index contributed by atoms with van der Waals surface area (Å²) in [6.07, 6.45) is 55.5. The van der Waals surface area contributed by atoms with Crippen LogP contribution in [0.2, 0.25) is 0 Å². The number of aliphatic hydroxyl groups excluding tert-OH is 1. The molecular formula is C76H148O17P2. The molecule has 19 heteroatoms. The fraction of sp³-hybridized carbons (Fsp3) is 0.947. The van der Waals surface area contributed by atoms with Crippen molar-refractivity contribution in [3.8, 4) is 0 Å². The number of hydrogen-bond donors (Lipinski definition) is 3. The number of hydrogen-bond acceptors (Lipinski definition) is 15. The zero-order valence-corrected chi connectivity index (χ0v) is 63.8. The van der Waals surface area contributed by atoms with Crippen molar-refractivity contribution in [2.24, 2.45) is 11.8 Å². The van der Waals surface area contributed by atoms with Crippen LogP contribution in [-0.4, -0.2) is 96.7 Å². The first-order valence-corrected chi connectivity index (χ1v) is 42.5. The molecule has 0 rings (SSSR count). The summed E-state index contributed by atoms with van der Waals surface area (Å²) < 4.78 is 68.5. The summed E-state index contributed by atoms with van der Waals surface area (Å²) in [6.45, 7) is 9.55. The predicted octanol–water partition coefficient (Wildman–Crippen LogP) is 22.3. The van der Waals surface area contributed by atoms with Gasteiger partial charge in [-0.05, 0) is 37.5 Å². The minimum atomic E-state index is -4.96. The molecule has 3 N–H and O–H groups in total. The SMILES string of the molecule is CCCCCCCCCCCCCCCCCCC(=O)O[C@H](COC(=O)CCCCCCCCCCCCCCCCC)COP(=O)(O)OC[C@@H](O)COP(=O)(O)OC[C@@H](COC(=O)CCCCCCCCCC(C)C)OC(=O)CCCCCCCCCCCCCC(C)C. The summed E-state index contributed by atoms with van der Waals surface area (Å²) in [5.74, 6) is -0.644. The largest absolute Gasteiger partial charge is 0.472 e. The fourth-order valence-electron chi connectivity index (χ4n) is 11.7. The second-order valence-electron chi connectivity index (χ2n) is 28.3. The van der Waals surface area contributed by atoms with Crippen LogP contribution in [0.5, 0.6) is 0 Å². The van der Waals surface area contributed by atoms with Crippen molar-refractivity contribution in [1.29, 1.82) is 0 Å². The number of ether oxygens (including phenoxy) is 4. The van der Waals surface area contributed by atoms with E-state index in [4.69, 9.17) is 37.0 Å². The Morgan fingerprint density at radius 3 is 0.716 bits per heavy atom. The van der Waals surface area contributed by atoms with Crippen molar-refractivity contribution in [1.82, 2.24) is 0 Å². The van der Waals surface area contributed by atoms with E-state index in [1.807, 2.05) is 0 Å². The van der Waals surface area contributed by atoms with E-state index in [0.29, 0.717) is 31.6 Å². The van der Waals surface area contributed by atoms with E-state index in [1.165, 1.54) is 205 Å². The summed E-state index contributed by atoms with van der Waals surface area (Å²) in [7, 11) is -9.91. The molecule has 564 valence electrons. The normalized spacial score (nSPS) is 14.0. The number of esters is 4. The lowest BCUT2D eigenvalue weighted by Crippen LogP contribution is -2.30. The molecule has 0 amide bonds. The second-order valence-corrected chi connectivity index (χ2v) is 31.3. The van der Waals surface area contributed by atoms with Gasteiger partial charge < -0.3 is 33.8 Å². The van der Waals surface area contributed by atoms with Crippen molar-refractivity contribution in [3.63, 3.8) is 0 Å². The summed E-state index contributed by atoms with van der Waals surface area (Å²) in [5, 5.41) is 10.6. The van der Waals surface area contributed by atoms with Gasteiger partial charge in [-0.15, -0.1) is 0 Å². The Morgan fingerprint density at radius 2 is 0.484 bits per heavy atom. The van der Waals surface area contributed by atoms with Gasteiger partial charge in [0, 0.05) is 25.7 Å². The molecule has 0 aromatic carbocycles. The number of carbonyl (C=O) groups is 4. The Balaban J connectivity index is 5.25. The van der Waals surface area contributed by atoms with Crippen molar-refractivity contribution in [3.05, 3.63) is 0 Å². The van der Waals surface area contributed by atoms with Crippen molar-refractivity contribution in [2.75, 3.05) is 39.6 Å². The van der Waals surface area contributed by atoms with Crippen molar-refractivity contribution < 1.29 is 80.2 Å². The first-order valence-electron chi connectivity index (χ1n) is 39.5. The first-order chi connectivity index (χ1) is 45.9. The minimum absolute atomic E-state index is 0.106. The molecule has 0 aliphatic heterocycles. The van der Waals surface area contributed by atoms with Crippen LogP contribution in [0.15, 0.2) is 0 Å². The van der Waals surface area contributed by atoms with Gasteiger partial charge in [0.05, 0.1) is 26.4 Å². The lowest BCUT2D eigenvalue weighted by atomic mass is 10.0. The van der Waals surface area contributed by atoms with Gasteiger partial charge in [-0.3, -0.25) is 37.3 Å². The molecule has 0 saturated carbocycles. The van der Waals surface area contributed by atoms with E-state index in [-0.39, 0.29) is 25.7 Å². The standard InChI is InChI=1S/C76H148O17P2/c1-7-9-11-13-15-17-19-21-23-25-27-31-35-41-48-54-60-75(80)92-71(64-86-73(78)58-52-46-40-34-30-26-24-22-20-18-16-14-12-10-8-2)66-90-94(82,83)88-62-70(77)63-89-95(84,85)91-67-72(65-87-74(79)59-53-47-43-37-39-45-51-57-69(5)6)93-76(81)61-55-49-42-36-32-28-29-33-38-44-50-56-68(3)4/h68-72,77H,7-67H2,1-6H3,(H,82,83)(H,84,85)/t70-,71-,72-/m1/s1. The molecule has 0 aliphatic rings. The molecule has 0 bridgehead atoms. The minimum Gasteiger partial charge on any atom is -0.462 e. The molecule has 0 aromatic heterocycles. The molecule has 0 heterocycles. The lowest BCUT2D eigenvalue weighted by Gasteiger charge is -2.21. The zero-order chi connectivity index (χ0) is 70.0. The summed E-state index contributed by atoms with van der Waals surface area (Å²) in [5.41, 5.74) is 0. The van der Waals surface area contributed by atoms with Gasteiger partial charge in [0.1, 0.15) is 19.3 Å².